The average Bonchev–Trinajstić information content (AvgIpc) is 2.75. The molecule has 4 N–H and O–H groups in total. The molecule has 1 heterocycles. The van der Waals surface area contributed by atoms with E-state index in [1.54, 1.807) is 37.3 Å². The molecular weight excluding hydrogens is 410 g/mol. The molecular formula is C24H23N3O5. The number of hydrogen-bond donors (Lipinski definition) is 3. The maximum atomic E-state index is 13.1. The maximum Gasteiger partial charge on any atom is 0.366 e. The second kappa shape index (κ2) is 8.65. The predicted octanol–water partition coefficient (Wildman–Crippen LogP) is 2.12. The number of aromatic nitrogens is 1. The molecule has 1 atom stereocenters. The molecule has 0 fully saturated rings. The molecule has 0 saturated carbocycles. The first kappa shape index (κ1) is 22.7. The number of carbonyl (C=O) groups excluding carboxylic acids is 2. The zero-order chi connectivity index (χ0) is 23.5. The number of rotatable bonds is 5. The molecule has 2 aromatic carbocycles. The van der Waals surface area contributed by atoms with Crippen LogP contribution in [0.1, 0.15) is 31.5 Å². The summed E-state index contributed by atoms with van der Waals surface area (Å²) in [6.07, 6.45) is -0.321. The van der Waals surface area contributed by atoms with Gasteiger partial charge in [0.1, 0.15) is 0 Å². The summed E-state index contributed by atoms with van der Waals surface area (Å²) in [5.41, 5.74) is 2.80. The van der Waals surface area contributed by atoms with E-state index in [2.05, 4.69) is 22.3 Å². The molecule has 32 heavy (non-hydrogen) atoms. The first-order chi connectivity index (χ1) is 15.0. The second-order valence-corrected chi connectivity index (χ2v) is 8.17. The van der Waals surface area contributed by atoms with Gasteiger partial charge in [0.2, 0.25) is 11.5 Å². The number of hydrogen-bond acceptors (Lipinski definition) is 6. The van der Waals surface area contributed by atoms with Crippen LogP contribution in [0.4, 0.5) is 5.69 Å². The molecule has 0 radical (unpaired) electrons. The largest absolute Gasteiger partial charge is 0.369 e. The number of anilines is 1. The van der Waals surface area contributed by atoms with Gasteiger partial charge in [-0.2, -0.15) is 0 Å². The highest BCUT2D eigenvalue weighted by Gasteiger charge is 2.42. The van der Waals surface area contributed by atoms with E-state index < -0.39 is 28.5 Å². The van der Waals surface area contributed by atoms with E-state index in [-0.39, 0.29) is 6.42 Å². The van der Waals surface area contributed by atoms with Gasteiger partial charge in [-0.3, -0.25) is 9.59 Å². The first-order valence-electron chi connectivity index (χ1n) is 9.84. The van der Waals surface area contributed by atoms with Crippen LogP contribution in [0.5, 0.6) is 0 Å². The van der Waals surface area contributed by atoms with Crippen LogP contribution in [0.25, 0.3) is 10.8 Å². The molecule has 0 aliphatic rings. The number of nitrogens with zero attached hydrogens (tertiary/aromatic N) is 1. The Morgan fingerprint density at radius 2 is 1.84 bits per heavy atom. The quantitative estimate of drug-likeness (QED) is 0.528. The summed E-state index contributed by atoms with van der Waals surface area (Å²) in [5.74, 6) is 3.89. The van der Waals surface area contributed by atoms with E-state index in [0.29, 0.717) is 27.7 Å². The molecule has 164 valence electrons. The Balaban J connectivity index is 1.99. The van der Waals surface area contributed by atoms with Gasteiger partial charge in [-0.15, -0.1) is 0 Å². The SMILES string of the molecule is Cc1noc(=O)c2ccc(NC(=O)C(O)(C#Cc3ccccc3)CC(C)(C)C(N)=O)cc12. The van der Waals surface area contributed by atoms with Crippen molar-refractivity contribution in [3.63, 3.8) is 0 Å². The molecule has 0 bridgehead atoms. The molecule has 3 rings (SSSR count). The molecule has 0 aliphatic carbocycles. The zero-order valence-corrected chi connectivity index (χ0v) is 17.9. The van der Waals surface area contributed by atoms with Gasteiger partial charge in [0, 0.05) is 28.5 Å². The van der Waals surface area contributed by atoms with Gasteiger partial charge < -0.3 is 20.7 Å². The highest BCUT2D eigenvalue weighted by atomic mass is 16.5. The van der Waals surface area contributed by atoms with Gasteiger partial charge in [0.05, 0.1) is 11.1 Å². The van der Waals surface area contributed by atoms with Crippen LogP contribution >= 0.6 is 0 Å². The molecule has 8 nitrogen and oxygen atoms in total. The van der Waals surface area contributed by atoms with E-state index in [4.69, 9.17) is 10.3 Å². The lowest BCUT2D eigenvalue weighted by Gasteiger charge is -2.29. The average molecular weight is 433 g/mol. The van der Waals surface area contributed by atoms with Gasteiger partial charge in [-0.1, -0.05) is 49.0 Å². The molecule has 3 aromatic rings. The second-order valence-electron chi connectivity index (χ2n) is 8.17. The van der Waals surface area contributed by atoms with Crippen molar-refractivity contribution in [3.05, 3.63) is 70.2 Å². The highest BCUT2D eigenvalue weighted by Crippen LogP contribution is 2.29. The van der Waals surface area contributed by atoms with Crippen molar-refractivity contribution in [2.24, 2.45) is 11.1 Å². The normalized spacial score (nSPS) is 13.0. The van der Waals surface area contributed by atoms with Crippen molar-refractivity contribution in [1.29, 1.82) is 0 Å². The van der Waals surface area contributed by atoms with E-state index in [1.807, 2.05) is 6.07 Å². The molecule has 0 spiro atoms. The number of amides is 2. The summed E-state index contributed by atoms with van der Waals surface area (Å²) in [4.78, 5) is 36.8. The first-order valence-corrected chi connectivity index (χ1v) is 9.84. The van der Waals surface area contributed by atoms with Crippen LogP contribution in [0.3, 0.4) is 0 Å². The number of primary amides is 1. The zero-order valence-electron chi connectivity index (χ0n) is 17.9. The Labute approximate surface area is 184 Å². The smallest absolute Gasteiger partial charge is 0.366 e. The number of fused-ring (bicyclic) bond motifs is 1. The standard InChI is InChI=1S/C24H23N3O5/c1-15-19-13-17(9-10-18(19)20(28)32-27-15)26-22(30)24(31,14-23(2,3)21(25)29)12-11-16-7-5-4-6-8-16/h4-10,13,31H,14H2,1-3H3,(H2,25,29)(H,26,30). The summed E-state index contributed by atoms with van der Waals surface area (Å²) in [6.45, 7) is 4.72. The van der Waals surface area contributed by atoms with E-state index in [0.717, 1.165) is 0 Å². The summed E-state index contributed by atoms with van der Waals surface area (Å²) >= 11 is 0. The fourth-order valence-electron chi connectivity index (χ4n) is 3.15. The third kappa shape index (κ3) is 4.85. The molecule has 1 aromatic heterocycles. The van der Waals surface area contributed by atoms with Gasteiger partial charge in [0.25, 0.3) is 5.91 Å². The Bertz CT molecular complexity index is 1300. The Kier molecular flexibility index (Phi) is 6.14. The lowest BCUT2D eigenvalue weighted by molar-refractivity contribution is -0.135. The fraction of sp³-hybridized carbons (Fsp3) is 0.250. The summed E-state index contributed by atoms with van der Waals surface area (Å²) in [7, 11) is 0. The number of carbonyl (C=O) groups is 2. The number of nitrogens with two attached hydrogens (primary N) is 1. The van der Waals surface area contributed by atoms with E-state index in [1.165, 1.54) is 26.0 Å². The lowest BCUT2D eigenvalue weighted by atomic mass is 9.79. The Morgan fingerprint density at radius 3 is 2.50 bits per heavy atom. The number of nitrogens with one attached hydrogen (secondary N) is 1. The number of aliphatic hydroxyl groups is 1. The topological polar surface area (TPSA) is 136 Å². The Hall–Kier alpha value is -3.96. The highest BCUT2D eigenvalue weighted by molar-refractivity contribution is 6.01. The van der Waals surface area contributed by atoms with Crippen LogP contribution in [0.2, 0.25) is 0 Å². The van der Waals surface area contributed by atoms with E-state index in [9.17, 15) is 19.5 Å². The van der Waals surface area contributed by atoms with Crippen LogP contribution in [-0.2, 0) is 9.59 Å². The van der Waals surface area contributed by atoms with Crippen molar-refractivity contribution in [2.45, 2.75) is 32.8 Å². The van der Waals surface area contributed by atoms with Gasteiger partial charge >= 0.3 is 5.63 Å². The minimum absolute atomic E-state index is 0.310. The third-order valence-electron chi connectivity index (χ3n) is 5.08. The monoisotopic (exact) mass is 433 g/mol. The van der Waals surface area contributed by atoms with Crippen molar-refractivity contribution in [3.8, 4) is 11.8 Å². The molecule has 8 heteroatoms. The van der Waals surface area contributed by atoms with Crippen molar-refractivity contribution in [1.82, 2.24) is 5.16 Å². The number of aryl methyl sites for hydroxylation is 1. The van der Waals surface area contributed by atoms with Crippen molar-refractivity contribution >= 4 is 28.3 Å². The molecule has 0 saturated heterocycles. The van der Waals surface area contributed by atoms with Crippen LogP contribution in [-0.4, -0.2) is 27.7 Å². The summed E-state index contributed by atoms with van der Waals surface area (Å²) in [5, 5.41) is 18.3. The van der Waals surface area contributed by atoms with Crippen LogP contribution < -0.4 is 16.7 Å². The molecule has 1 unspecified atom stereocenters. The molecule has 0 aliphatic heterocycles. The number of benzene rings is 2. The minimum Gasteiger partial charge on any atom is -0.369 e. The summed E-state index contributed by atoms with van der Waals surface area (Å²) in [6, 6.07) is 13.4. The van der Waals surface area contributed by atoms with Gasteiger partial charge in [-0.05, 0) is 37.3 Å². The lowest BCUT2D eigenvalue weighted by Crippen LogP contribution is -2.48. The minimum atomic E-state index is -2.22. The van der Waals surface area contributed by atoms with Gasteiger partial charge in [-0.25, -0.2) is 4.79 Å². The van der Waals surface area contributed by atoms with Crippen LogP contribution in [0, 0.1) is 24.2 Å². The maximum absolute atomic E-state index is 13.1. The summed E-state index contributed by atoms with van der Waals surface area (Å²) < 4.78 is 4.70. The van der Waals surface area contributed by atoms with E-state index >= 15 is 0 Å². The predicted molar refractivity (Wildman–Crippen MR) is 120 cm³/mol. The van der Waals surface area contributed by atoms with Crippen molar-refractivity contribution in [2.75, 3.05) is 5.32 Å². The Morgan fingerprint density at radius 1 is 1.16 bits per heavy atom. The fourth-order valence-corrected chi connectivity index (χ4v) is 3.15. The van der Waals surface area contributed by atoms with Crippen molar-refractivity contribution < 1.29 is 19.2 Å². The molecule has 2 amide bonds. The van der Waals surface area contributed by atoms with Crippen LogP contribution in [0.15, 0.2) is 57.8 Å². The van der Waals surface area contributed by atoms with Gasteiger partial charge in [0.15, 0.2) is 0 Å². The third-order valence-corrected chi connectivity index (χ3v) is 5.08.